The monoisotopic (exact) mass is 272 g/mol. The van der Waals surface area contributed by atoms with Crippen molar-refractivity contribution in [2.45, 2.75) is 38.6 Å². The maximum absolute atomic E-state index is 12.1. The number of likely N-dealkylation sites (tertiary alicyclic amines) is 1. The Morgan fingerprint density at radius 3 is 2.84 bits per heavy atom. The third kappa shape index (κ3) is 5.46. The molecule has 1 aliphatic rings. The SMILES string of the molecule is COCC(C)CNC(=O)N1CCCCC1CC(=O)O. The molecule has 2 unspecified atom stereocenters. The largest absolute Gasteiger partial charge is 0.481 e. The van der Waals surface area contributed by atoms with Gasteiger partial charge in [0.15, 0.2) is 0 Å². The van der Waals surface area contributed by atoms with Gasteiger partial charge in [-0.15, -0.1) is 0 Å². The lowest BCUT2D eigenvalue weighted by molar-refractivity contribution is -0.138. The first kappa shape index (κ1) is 15.8. The number of aliphatic carboxylic acids is 1. The number of methoxy groups -OCH3 is 1. The predicted octanol–water partition coefficient (Wildman–Crippen LogP) is 1.31. The Labute approximate surface area is 114 Å². The molecule has 0 radical (unpaired) electrons. The molecule has 0 aromatic heterocycles. The van der Waals surface area contributed by atoms with Crippen LogP contribution in [-0.2, 0) is 9.53 Å². The molecule has 1 aliphatic heterocycles. The van der Waals surface area contributed by atoms with Gasteiger partial charge in [0.1, 0.15) is 0 Å². The van der Waals surface area contributed by atoms with E-state index < -0.39 is 5.97 Å². The topological polar surface area (TPSA) is 78.9 Å². The summed E-state index contributed by atoms with van der Waals surface area (Å²) in [7, 11) is 1.63. The van der Waals surface area contributed by atoms with E-state index >= 15 is 0 Å². The first-order valence-electron chi connectivity index (χ1n) is 6.79. The number of nitrogens with zero attached hydrogens (tertiary/aromatic N) is 1. The number of carbonyl (C=O) groups excluding carboxylic acids is 1. The molecule has 19 heavy (non-hydrogen) atoms. The molecular weight excluding hydrogens is 248 g/mol. The van der Waals surface area contributed by atoms with Crippen LogP contribution >= 0.6 is 0 Å². The summed E-state index contributed by atoms with van der Waals surface area (Å²) in [6, 6.07) is -0.335. The first-order valence-corrected chi connectivity index (χ1v) is 6.79. The van der Waals surface area contributed by atoms with E-state index in [9.17, 15) is 9.59 Å². The predicted molar refractivity (Wildman–Crippen MR) is 71.0 cm³/mol. The van der Waals surface area contributed by atoms with Crippen LogP contribution in [0, 0.1) is 5.92 Å². The minimum absolute atomic E-state index is 0.0288. The van der Waals surface area contributed by atoms with Gasteiger partial charge in [-0.3, -0.25) is 4.79 Å². The van der Waals surface area contributed by atoms with Crippen LogP contribution in [-0.4, -0.2) is 54.9 Å². The number of piperidine rings is 1. The van der Waals surface area contributed by atoms with Crippen LogP contribution in [0.25, 0.3) is 0 Å². The summed E-state index contributed by atoms with van der Waals surface area (Å²) < 4.78 is 5.01. The number of carbonyl (C=O) groups is 2. The zero-order valence-corrected chi connectivity index (χ0v) is 11.7. The molecule has 0 aliphatic carbocycles. The second kappa shape index (κ2) is 7.99. The molecule has 0 bridgehead atoms. The summed E-state index contributed by atoms with van der Waals surface area (Å²) in [6.07, 6.45) is 2.73. The number of hydrogen-bond donors (Lipinski definition) is 2. The number of carboxylic acids is 1. The molecule has 0 aromatic rings. The van der Waals surface area contributed by atoms with Gasteiger partial charge >= 0.3 is 12.0 Å². The fraction of sp³-hybridized carbons (Fsp3) is 0.846. The van der Waals surface area contributed by atoms with Gasteiger partial charge in [0.05, 0.1) is 13.0 Å². The van der Waals surface area contributed by atoms with Crippen molar-refractivity contribution in [3.05, 3.63) is 0 Å². The maximum atomic E-state index is 12.1. The third-order valence-corrected chi connectivity index (χ3v) is 3.35. The number of urea groups is 1. The molecule has 6 nitrogen and oxygen atoms in total. The van der Waals surface area contributed by atoms with Crippen molar-refractivity contribution < 1.29 is 19.4 Å². The first-order chi connectivity index (χ1) is 9.04. The second-order valence-electron chi connectivity index (χ2n) is 5.19. The van der Waals surface area contributed by atoms with Gasteiger partial charge < -0.3 is 20.1 Å². The smallest absolute Gasteiger partial charge is 0.317 e. The van der Waals surface area contributed by atoms with E-state index in [2.05, 4.69) is 5.32 Å². The van der Waals surface area contributed by atoms with Crippen LogP contribution in [0.1, 0.15) is 32.6 Å². The highest BCUT2D eigenvalue weighted by Crippen LogP contribution is 2.19. The van der Waals surface area contributed by atoms with E-state index in [-0.39, 0.29) is 24.4 Å². The summed E-state index contributed by atoms with van der Waals surface area (Å²) in [5.74, 6) is -0.603. The maximum Gasteiger partial charge on any atom is 0.317 e. The van der Waals surface area contributed by atoms with Crippen molar-refractivity contribution in [2.75, 3.05) is 26.8 Å². The molecule has 6 heteroatoms. The molecule has 0 spiro atoms. The average molecular weight is 272 g/mol. The lowest BCUT2D eigenvalue weighted by Gasteiger charge is -2.35. The summed E-state index contributed by atoms with van der Waals surface area (Å²) >= 11 is 0. The van der Waals surface area contributed by atoms with Crippen molar-refractivity contribution >= 4 is 12.0 Å². The molecule has 110 valence electrons. The highest BCUT2D eigenvalue weighted by atomic mass is 16.5. The Hall–Kier alpha value is -1.30. The number of hydrogen-bond acceptors (Lipinski definition) is 3. The number of amides is 2. The minimum Gasteiger partial charge on any atom is -0.481 e. The molecule has 1 fully saturated rings. The Morgan fingerprint density at radius 1 is 1.47 bits per heavy atom. The van der Waals surface area contributed by atoms with E-state index in [1.807, 2.05) is 6.92 Å². The van der Waals surface area contributed by atoms with Crippen LogP contribution in [0.15, 0.2) is 0 Å². The van der Waals surface area contributed by atoms with E-state index in [0.29, 0.717) is 19.7 Å². The zero-order valence-electron chi connectivity index (χ0n) is 11.7. The molecular formula is C13H24N2O4. The molecule has 0 saturated carbocycles. The van der Waals surface area contributed by atoms with E-state index in [0.717, 1.165) is 19.3 Å². The highest BCUT2D eigenvalue weighted by Gasteiger charge is 2.28. The summed E-state index contributed by atoms with van der Waals surface area (Å²) in [4.78, 5) is 24.6. The standard InChI is InChI=1S/C13H24N2O4/c1-10(9-19-2)8-14-13(18)15-6-4-3-5-11(15)7-12(16)17/h10-11H,3-9H2,1-2H3,(H,14,18)(H,16,17). The van der Waals surface area contributed by atoms with Gasteiger partial charge in [-0.2, -0.15) is 0 Å². The van der Waals surface area contributed by atoms with E-state index in [4.69, 9.17) is 9.84 Å². The fourth-order valence-corrected chi connectivity index (χ4v) is 2.39. The van der Waals surface area contributed by atoms with Crippen molar-refractivity contribution in [2.24, 2.45) is 5.92 Å². The van der Waals surface area contributed by atoms with Crippen molar-refractivity contribution in [1.82, 2.24) is 10.2 Å². The van der Waals surface area contributed by atoms with Gasteiger partial charge in [-0.25, -0.2) is 4.79 Å². The van der Waals surface area contributed by atoms with Crippen LogP contribution < -0.4 is 5.32 Å². The molecule has 1 saturated heterocycles. The number of ether oxygens (including phenoxy) is 1. The third-order valence-electron chi connectivity index (χ3n) is 3.35. The summed E-state index contributed by atoms with van der Waals surface area (Å²) in [5.41, 5.74) is 0. The summed E-state index contributed by atoms with van der Waals surface area (Å²) in [5, 5.41) is 11.7. The minimum atomic E-state index is -0.850. The lowest BCUT2D eigenvalue weighted by Crippen LogP contribution is -2.50. The normalized spacial score (nSPS) is 20.9. The van der Waals surface area contributed by atoms with Crippen LogP contribution in [0.2, 0.25) is 0 Å². The Morgan fingerprint density at radius 2 is 2.21 bits per heavy atom. The Bertz CT molecular complexity index is 309. The van der Waals surface area contributed by atoms with Crippen LogP contribution in [0.3, 0.4) is 0 Å². The number of rotatable bonds is 6. The molecule has 2 amide bonds. The molecule has 1 heterocycles. The second-order valence-corrected chi connectivity index (χ2v) is 5.19. The summed E-state index contributed by atoms with van der Waals surface area (Å²) in [6.45, 7) is 3.78. The highest BCUT2D eigenvalue weighted by molar-refractivity contribution is 5.76. The average Bonchev–Trinajstić information content (AvgIpc) is 2.36. The fourth-order valence-electron chi connectivity index (χ4n) is 2.39. The Kier molecular flexibility index (Phi) is 6.62. The molecule has 2 atom stereocenters. The van der Waals surface area contributed by atoms with Gasteiger partial charge in [0.2, 0.25) is 0 Å². The van der Waals surface area contributed by atoms with E-state index in [1.54, 1.807) is 12.0 Å². The zero-order chi connectivity index (χ0) is 14.3. The van der Waals surface area contributed by atoms with Crippen molar-refractivity contribution in [3.8, 4) is 0 Å². The number of carboxylic acid groups (broad SMARTS) is 1. The van der Waals surface area contributed by atoms with Crippen molar-refractivity contribution in [1.29, 1.82) is 0 Å². The van der Waals surface area contributed by atoms with E-state index in [1.165, 1.54) is 0 Å². The van der Waals surface area contributed by atoms with Crippen LogP contribution in [0.4, 0.5) is 4.79 Å². The quantitative estimate of drug-likeness (QED) is 0.764. The lowest BCUT2D eigenvalue weighted by atomic mass is 10.00. The molecule has 2 N–H and O–H groups in total. The molecule has 1 rings (SSSR count). The van der Waals surface area contributed by atoms with Gasteiger partial charge in [0.25, 0.3) is 0 Å². The van der Waals surface area contributed by atoms with Gasteiger partial charge in [-0.05, 0) is 25.2 Å². The Balaban J connectivity index is 2.45. The molecule has 0 aromatic carbocycles. The van der Waals surface area contributed by atoms with Gasteiger partial charge in [0, 0.05) is 26.2 Å². The van der Waals surface area contributed by atoms with Crippen molar-refractivity contribution in [3.63, 3.8) is 0 Å². The van der Waals surface area contributed by atoms with Crippen LogP contribution in [0.5, 0.6) is 0 Å². The number of nitrogens with one attached hydrogen (secondary N) is 1. The van der Waals surface area contributed by atoms with Gasteiger partial charge in [-0.1, -0.05) is 6.92 Å².